The third-order valence-electron chi connectivity index (χ3n) is 2.46. The Kier molecular flexibility index (Phi) is 4.63. The number of methoxy groups -OCH3 is 1. The van der Waals surface area contributed by atoms with Crippen molar-refractivity contribution in [2.75, 3.05) is 26.1 Å². The lowest BCUT2D eigenvalue weighted by Crippen LogP contribution is -2.33. The highest BCUT2D eigenvalue weighted by molar-refractivity contribution is 8.13. The molecule has 14 heavy (non-hydrogen) atoms. The van der Waals surface area contributed by atoms with E-state index in [2.05, 4.69) is 0 Å². The maximum atomic E-state index is 10.9. The Balaban J connectivity index is 2.52. The summed E-state index contributed by atoms with van der Waals surface area (Å²) in [5.41, 5.74) is 0. The van der Waals surface area contributed by atoms with Crippen LogP contribution in [0.4, 0.5) is 0 Å². The topological polar surface area (TPSA) is 52.6 Å². The lowest BCUT2D eigenvalue weighted by Gasteiger charge is -2.28. The SMILES string of the molecule is COC(CS(=O)(=O)Cl)C1CCOCC1. The van der Waals surface area contributed by atoms with Gasteiger partial charge < -0.3 is 9.47 Å². The molecule has 0 aromatic heterocycles. The van der Waals surface area contributed by atoms with Crippen molar-refractivity contribution in [1.29, 1.82) is 0 Å². The van der Waals surface area contributed by atoms with Gasteiger partial charge >= 0.3 is 0 Å². The molecule has 84 valence electrons. The highest BCUT2D eigenvalue weighted by Crippen LogP contribution is 2.22. The van der Waals surface area contributed by atoms with Crippen molar-refractivity contribution in [3.05, 3.63) is 0 Å². The molecule has 1 unspecified atom stereocenters. The molecule has 1 saturated heterocycles. The van der Waals surface area contributed by atoms with Crippen LogP contribution in [-0.2, 0) is 18.5 Å². The van der Waals surface area contributed by atoms with Gasteiger partial charge in [0.1, 0.15) is 0 Å². The second-order valence-electron chi connectivity index (χ2n) is 3.43. The van der Waals surface area contributed by atoms with Gasteiger partial charge in [0.15, 0.2) is 0 Å². The Bertz CT molecular complexity index is 259. The van der Waals surface area contributed by atoms with Crippen LogP contribution in [0.1, 0.15) is 12.8 Å². The van der Waals surface area contributed by atoms with Gasteiger partial charge in [0, 0.05) is 31.0 Å². The molecule has 1 rings (SSSR count). The molecular weight excluding hydrogens is 228 g/mol. The first-order chi connectivity index (χ1) is 6.53. The van der Waals surface area contributed by atoms with Gasteiger partial charge in [0.05, 0.1) is 11.9 Å². The normalized spacial score (nSPS) is 22.1. The Morgan fingerprint density at radius 2 is 2.07 bits per heavy atom. The van der Waals surface area contributed by atoms with Gasteiger partial charge in [0.25, 0.3) is 0 Å². The Morgan fingerprint density at radius 1 is 1.50 bits per heavy atom. The summed E-state index contributed by atoms with van der Waals surface area (Å²) < 4.78 is 32.1. The molecule has 6 heteroatoms. The molecule has 0 amide bonds. The molecule has 1 aliphatic rings. The van der Waals surface area contributed by atoms with Crippen LogP contribution in [0.5, 0.6) is 0 Å². The van der Waals surface area contributed by atoms with Gasteiger partial charge in [0.2, 0.25) is 9.05 Å². The van der Waals surface area contributed by atoms with E-state index in [4.69, 9.17) is 20.2 Å². The minimum Gasteiger partial charge on any atom is -0.381 e. The second kappa shape index (κ2) is 5.30. The first kappa shape index (κ1) is 12.2. The van der Waals surface area contributed by atoms with Crippen molar-refractivity contribution >= 4 is 19.7 Å². The summed E-state index contributed by atoms with van der Waals surface area (Å²) in [6.45, 7) is 1.35. The van der Waals surface area contributed by atoms with E-state index < -0.39 is 9.05 Å². The number of halogens is 1. The van der Waals surface area contributed by atoms with Gasteiger partial charge in [-0.15, -0.1) is 0 Å². The van der Waals surface area contributed by atoms with E-state index in [1.165, 1.54) is 7.11 Å². The maximum absolute atomic E-state index is 10.9. The predicted molar refractivity (Wildman–Crippen MR) is 54.0 cm³/mol. The molecule has 4 nitrogen and oxygen atoms in total. The fourth-order valence-corrected chi connectivity index (χ4v) is 2.85. The van der Waals surface area contributed by atoms with Crippen molar-refractivity contribution in [3.8, 4) is 0 Å². The van der Waals surface area contributed by atoms with Crippen LogP contribution in [0.3, 0.4) is 0 Å². The summed E-state index contributed by atoms with van der Waals surface area (Å²) in [6, 6.07) is 0. The summed E-state index contributed by atoms with van der Waals surface area (Å²) >= 11 is 0. The molecular formula is C8H15ClO4S. The largest absolute Gasteiger partial charge is 0.381 e. The fourth-order valence-electron chi connectivity index (χ4n) is 1.68. The molecule has 0 radical (unpaired) electrons. The minimum atomic E-state index is -3.48. The van der Waals surface area contributed by atoms with E-state index >= 15 is 0 Å². The molecule has 0 aliphatic carbocycles. The summed E-state index contributed by atoms with van der Waals surface area (Å²) in [7, 11) is 3.22. The summed E-state index contributed by atoms with van der Waals surface area (Å²) in [5.74, 6) is 0.123. The van der Waals surface area contributed by atoms with E-state index in [1.54, 1.807) is 0 Å². The van der Waals surface area contributed by atoms with Gasteiger partial charge in [-0.2, -0.15) is 0 Å². The van der Waals surface area contributed by atoms with Crippen LogP contribution in [0.15, 0.2) is 0 Å². The molecule has 1 heterocycles. The molecule has 0 bridgehead atoms. The molecule has 0 N–H and O–H groups in total. The highest BCUT2D eigenvalue weighted by atomic mass is 35.7. The Morgan fingerprint density at radius 3 is 2.50 bits per heavy atom. The molecule has 0 saturated carbocycles. The predicted octanol–water partition coefficient (Wildman–Crippen LogP) is 0.997. The van der Waals surface area contributed by atoms with Gasteiger partial charge in [-0.05, 0) is 18.8 Å². The van der Waals surface area contributed by atoms with Crippen molar-refractivity contribution in [1.82, 2.24) is 0 Å². The van der Waals surface area contributed by atoms with E-state index in [9.17, 15) is 8.42 Å². The lowest BCUT2D eigenvalue weighted by atomic mass is 9.95. The van der Waals surface area contributed by atoms with Crippen molar-refractivity contribution in [2.45, 2.75) is 18.9 Å². The number of rotatable bonds is 4. The van der Waals surface area contributed by atoms with Crippen molar-refractivity contribution in [2.24, 2.45) is 5.92 Å². The molecule has 1 aliphatic heterocycles. The standard InChI is InChI=1S/C8H15ClO4S/c1-12-8(6-14(9,10)11)7-2-4-13-5-3-7/h7-8H,2-6H2,1H3. The Labute approximate surface area is 88.9 Å². The number of ether oxygens (including phenoxy) is 2. The highest BCUT2D eigenvalue weighted by Gasteiger charge is 2.27. The van der Waals surface area contributed by atoms with E-state index in [-0.39, 0.29) is 17.8 Å². The number of hydrogen-bond donors (Lipinski definition) is 0. The average Bonchev–Trinajstić information content (AvgIpc) is 2.14. The zero-order valence-electron chi connectivity index (χ0n) is 8.11. The third kappa shape index (κ3) is 4.13. The van der Waals surface area contributed by atoms with Crippen LogP contribution < -0.4 is 0 Å². The zero-order valence-corrected chi connectivity index (χ0v) is 9.68. The quantitative estimate of drug-likeness (QED) is 0.690. The first-order valence-corrected chi connectivity index (χ1v) is 7.03. The first-order valence-electron chi connectivity index (χ1n) is 4.56. The van der Waals surface area contributed by atoms with Gasteiger partial charge in [-0.1, -0.05) is 0 Å². The van der Waals surface area contributed by atoms with E-state index in [1.807, 2.05) is 0 Å². The lowest BCUT2D eigenvalue weighted by molar-refractivity contribution is -0.00307. The van der Waals surface area contributed by atoms with Crippen molar-refractivity contribution in [3.63, 3.8) is 0 Å². The van der Waals surface area contributed by atoms with Crippen LogP contribution >= 0.6 is 10.7 Å². The van der Waals surface area contributed by atoms with E-state index in [0.717, 1.165) is 12.8 Å². The molecule has 1 atom stereocenters. The van der Waals surface area contributed by atoms with Crippen LogP contribution in [0, 0.1) is 5.92 Å². The smallest absolute Gasteiger partial charge is 0.235 e. The summed E-state index contributed by atoms with van der Waals surface area (Å²) in [4.78, 5) is 0. The zero-order chi connectivity index (χ0) is 10.6. The average molecular weight is 243 g/mol. The number of hydrogen-bond acceptors (Lipinski definition) is 4. The summed E-state index contributed by atoms with van der Waals surface area (Å²) in [6.07, 6.45) is 1.37. The van der Waals surface area contributed by atoms with Crippen molar-refractivity contribution < 1.29 is 17.9 Å². The maximum Gasteiger partial charge on any atom is 0.235 e. The molecule has 1 fully saturated rings. The van der Waals surface area contributed by atoms with Crippen LogP contribution in [0.25, 0.3) is 0 Å². The minimum absolute atomic E-state index is 0.115. The third-order valence-corrected chi connectivity index (χ3v) is 3.56. The fraction of sp³-hybridized carbons (Fsp3) is 1.00. The monoisotopic (exact) mass is 242 g/mol. The van der Waals surface area contributed by atoms with Gasteiger partial charge in [-0.3, -0.25) is 0 Å². The van der Waals surface area contributed by atoms with Gasteiger partial charge in [-0.25, -0.2) is 8.42 Å². The van der Waals surface area contributed by atoms with Crippen LogP contribution in [0.2, 0.25) is 0 Å². The molecule has 0 aromatic carbocycles. The van der Waals surface area contributed by atoms with Crippen LogP contribution in [-0.4, -0.2) is 40.6 Å². The summed E-state index contributed by atoms with van der Waals surface area (Å²) in [5, 5.41) is 0. The second-order valence-corrected chi connectivity index (χ2v) is 6.25. The van der Waals surface area contributed by atoms with E-state index in [0.29, 0.717) is 13.2 Å². The Hall–Kier alpha value is 0.160. The molecule has 0 aromatic rings. The molecule has 0 spiro atoms.